The zero-order valence-corrected chi connectivity index (χ0v) is 12.6. The molecule has 0 aromatic carbocycles. The van der Waals surface area contributed by atoms with E-state index in [1.54, 1.807) is 30.2 Å². The van der Waals surface area contributed by atoms with Crippen LogP contribution in [0.15, 0.2) is 29.2 Å². The molecule has 0 bridgehead atoms. The maximum absolute atomic E-state index is 12.5. The largest absolute Gasteiger partial charge is 0.342 e. The van der Waals surface area contributed by atoms with Crippen molar-refractivity contribution >= 4 is 11.8 Å². The van der Waals surface area contributed by atoms with Crippen LogP contribution in [0.25, 0.3) is 0 Å². The van der Waals surface area contributed by atoms with Crippen molar-refractivity contribution in [2.45, 2.75) is 39.4 Å². The molecule has 6 heteroatoms. The first-order valence-corrected chi connectivity index (χ1v) is 7.18. The van der Waals surface area contributed by atoms with Gasteiger partial charge in [-0.3, -0.25) is 14.4 Å². The third kappa shape index (κ3) is 3.15. The highest BCUT2D eigenvalue weighted by Crippen LogP contribution is 2.15. The van der Waals surface area contributed by atoms with Crippen LogP contribution in [0.1, 0.15) is 20.8 Å². The van der Waals surface area contributed by atoms with Crippen LogP contribution in [0.4, 0.5) is 0 Å². The number of carbonyl (C=O) groups excluding carboxylic acids is 2. The Bertz CT molecular complexity index is 594. The normalized spacial score (nSPS) is 22.6. The molecule has 1 fully saturated rings. The Balaban J connectivity index is 2.13. The number of carbonyl (C=O) groups is 2. The first kappa shape index (κ1) is 15.3. The van der Waals surface area contributed by atoms with Gasteiger partial charge in [0.2, 0.25) is 11.8 Å². The predicted molar refractivity (Wildman–Crippen MR) is 78.6 cm³/mol. The van der Waals surface area contributed by atoms with Crippen molar-refractivity contribution in [1.29, 1.82) is 0 Å². The second-order valence-electron chi connectivity index (χ2n) is 5.67. The summed E-state index contributed by atoms with van der Waals surface area (Å²) >= 11 is 0. The van der Waals surface area contributed by atoms with Gasteiger partial charge in [0.05, 0.1) is 0 Å². The monoisotopic (exact) mass is 291 g/mol. The molecule has 2 heterocycles. The SMILES string of the molecule is CC(C)C1NC(=O)C(C)N(CCn2ccccc2=O)C1=O. The average molecular weight is 291 g/mol. The molecule has 6 nitrogen and oxygen atoms in total. The summed E-state index contributed by atoms with van der Waals surface area (Å²) in [6, 6.07) is 3.93. The number of pyridine rings is 1. The summed E-state index contributed by atoms with van der Waals surface area (Å²) in [7, 11) is 0. The van der Waals surface area contributed by atoms with Crippen LogP contribution in [-0.2, 0) is 16.1 Å². The molecule has 1 N–H and O–H groups in total. The van der Waals surface area contributed by atoms with Crippen LogP contribution in [0.2, 0.25) is 0 Å². The molecule has 1 saturated heterocycles. The molecule has 1 aliphatic heterocycles. The number of aromatic nitrogens is 1. The maximum atomic E-state index is 12.5. The molecule has 2 rings (SSSR count). The molecule has 2 atom stereocenters. The van der Waals surface area contributed by atoms with Crippen LogP contribution in [-0.4, -0.2) is 39.9 Å². The minimum absolute atomic E-state index is 0.0379. The fourth-order valence-corrected chi connectivity index (χ4v) is 2.46. The van der Waals surface area contributed by atoms with E-state index in [0.717, 1.165) is 0 Å². The molecule has 0 saturated carbocycles. The van der Waals surface area contributed by atoms with Gasteiger partial charge in [-0.05, 0) is 18.9 Å². The van der Waals surface area contributed by atoms with E-state index in [2.05, 4.69) is 5.32 Å². The van der Waals surface area contributed by atoms with E-state index in [-0.39, 0.29) is 23.3 Å². The van der Waals surface area contributed by atoms with Gasteiger partial charge in [-0.25, -0.2) is 0 Å². The first-order valence-electron chi connectivity index (χ1n) is 7.18. The van der Waals surface area contributed by atoms with Gasteiger partial charge in [0.1, 0.15) is 12.1 Å². The number of piperazine rings is 1. The molecule has 1 aliphatic rings. The van der Waals surface area contributed by atoms with Gasteiger partial charge in [0, 0.05) is 25.4 Å². The van der Waals surface area contributed by atoms with Crippen molar-refractivity contribution in [3.63, 3.8) is 0 Å². The summed E-state index contributed by atoms with van der Waals surface area (Å²) in [5, 5.41) is 2.76. The Morgan fingerprint density at radius 1 is 1.19 bits per heavy atom. The molecule has 21 heavy (non-hydrogen) atoms. The third-order valence-corrected chi connectivity index (χ3v) is 3.84. The lowest BCUT2D eigenvalue weighted by molar-refractivity contribution is -0.150. The van der Waals surface area contributed by atoms with E-state index in [4.69, 9.17) is 0 Å². The summed E-state index contributed by atoms with van der Waals surface area (Å²) in [4.78, 5) is 37.7. The minimum Gasteiger partial charge on any atom is -0.342 e. The van der Waals surface area contributed by atoms with Gasteiger partial charge < -0.3 is 14.8 Å². The van der Waals surface area contributed by atoms with Gasteiger partial charge >= 0.3 is 0 Å². The zero-order chi connectivity index (χ0) is 15.6. The van der Waals surface area contributed by atoms with E-state index >= 15 is 0 Å². The van der Waals surface area contributed by atoms with Crippen LogP contribution in [0.5, 0.6) is 0 Å². The molecule has 1 aromatic heterocycles. The third-order valence-electron chi connectivity index (χ3n) is 3.84. The fourth-order valence-electron chi connectivity index (χ4n) is 2.46. The second kappa shape index (κ2) is 6.11. The van der Waals surface area contributed by atoms with Gasteiger partial charge in [-0.2, -0.15) is 0 Å². The molecule has 114 valence electrons. The molecule has 0 spiro atoms. The van der Waals surface area contributed by atoms with Crippen LogP contribution >= 0.6 is 0 Å². The van der Waals surface area contributed by atoms with E-state index in [1.807, 2.05) is 13.8 Å². The van der Waals surface area contributed by atoms with Crippen molar-refractivity contribution < 1.29 is 9.59 Å². The quantitative estimate of drug-likeness (QED) is 0.862. The Hall–Kier alpha value is -2.11. The lowest BCUT2D eigenvalue weighted by atomic mass is 9.98. The molecule has 2 amide bonds. The summed E-state index contributed by atoms with van der Waals surface area (Å²) < 4.78 is 1.54. The van der Waals surface area contributed by atoms with E-state index in [0.29, 0.717) is 13.1 Å². The zero-order valence-electron chi connectivity index (χ0n) is 12.6. The number of hydrogen-bond acceptors (Lipinski definition) is 3. The first-order chi connectivity index (χ1) is 9.91. The highest BCUT2D eigenvalue weighted by Gasteiger charge is 2.39. The highest BCUT2D eigenvalue weighted by molar-refractivity contribution is 5.96. The van der Waals surface area contributed by atoms with Crippen molar-refractivity contribution in [3.05, 3.63) is 34.7 Å². The highest BCUT2D eigenvalue weighted by atomic mass is 16.2. The minimum atomic E-state index is -0.507. The topological polar surface area (TPSA) is 71.4 Å². The average Bonchev–Trinajstić information content (AvgIpc) is 2.44. The number of rotatable bonds is 4. The lowest BCUT2D eigenvalue weighted by Gasteiger charge is -2.38. The number of hydrogen-bond donors (Lipinski definition) is 1. The predicted octanol–water partition coefficient (Wildman–Crippen LogP) is 0.220. The number of amides is 2. The molecule has 2 unspecified atom stereocenters. The van der Waals surface area contributed by atoms with Crippen molar-refractivity contribution in [3.8, 4) is 0 Å². The van der Waals surface area contributed by atoms with Crippen LogP contribution < -0.4 is 10.9 Å². The Morgan fingerprint density at radius 2 is 1.90 bits per heavy atom. The standard InChI is InChI=1S/C15H21N3O3/c1-10(2)13-15(21)18(11(3)14(20)16-13)9-8-17-7-5-4-6-12(17)19/h4-7,10-11,13H,8-9H2,1-3H3,(H,16,20). The van der Waals surface area contributed by atoms with Gasteiger partial charge in [0.25, 0.3) is 5.56 Å². The van der Waals surface area contributed by atoms with Crippen molar-refractivity contribution in [2.24, 2.45) is 5.92 Å². The van der Waals surface area contributed by atoms with E-state index < -0.39 is 12.1 Å². The lowest BCUT2D eigenvalue weighted by Crippen LogP contribution is -2.64. The van der Waals surface area contributed by atoms with E-state index in [9.17, 15) is 14.4 Å². The molecule has 0 radical (unpaired) electrons. The number of nitrogens with zero attached hydrogens (tertiary/aromatic N) is 2. The van der Waals surface area contributed by atoms with Crippen LogP contribution in [0.3, 0.4) is 0 Å². The van der Waals surface area contributed by atoms with Crippen molar-refractivity contribution in [1.82, 2.24) is 14.8 Å². The molecular formula is C15H21N3O3. The van der Waals surface area contributed by atoms with Gasteiger partial charge in [-0.15, -0.1) is 0 Å². The Morgan fingerprint density at radius 3 is 2.52 bits per heavy atom. The summed E-state index contributed by atoms with van der Waals surface area (Å²) in [5.74, 6) is -0.189. The molecular weight excluding hydrogens is 270 g/mol. The second-order valence-corrected chi connectivity index (χ2v) is 5.67. The van der Waals surface area contributed by atoms with E-state index in [1.165, 1.54) is 10.6 Å². The fraction of sp³-hybridized carbons (Fsp3) is 0.533. The number of nitrogens with one attached hydrogen (secondary N) is 1. The molecule has 1 aromatic rings. The summed E-state index contributed by atoms with van der Waals surface area (Å²) in [5.41, 5.74) is -0.112. The van der Waals surface area contributed by atoms with Gasteiger partial charge in [-0.1, -0.05) is 19.9 Å². The smallest absolute Gasteiger partial charge is 0.250 e. The molecule has 0 aliphatic carbocycles. The Labute approximate surface area is 123 Å². The van der Waals surface area contributed by atoms with Crippen LogP contribution in [0, 0.1) is 5.92 Å². The Kier molecular flexibility index (Phi) is 4.45. The van der Waals surface area contributed by atoms with Crippen molar-refractivity contribution in [2.75, 3.05) is 6.54 Å². The summed E-state index contributed by atoms with van der Waals surface area (Å²) in [6.45, 7) is 6.24. The summed E-state index contributed by atoms with van der Waals surface area (Å²) in [6.07, 6.45) is 1.68. The maximum Gasteiger partial charge on any atom is 0.250 e. The van der Waals surface area contributed by atoms with Gasteiger partial charge in [0.15, 0.2) is 0 Å².